The monoisotopic (exact) mass is 329 g/mol. The lowest BCUT2D eigenvalue weighted by molar-refractivity contribution is -0.139. The molecule has 0 saturated heterocycles. The van der Waals surface area contributed by atoms with Crippen molar-refractivity contribution in [3.63, 3.8) is 0 Å². The lowest BCUT2D eigenvalue weighted by Crippen LogP contribution is -2.52. The van der Waals surface area contributed by atoms with Gasteiger partial charge < -0.3 is 10.1 Å². The number of hydrogen-bond acceptors (Lipinski definition) is 5. The molecule has 0 aliphatic carbocycles. The van der Waals surface area contributed by atoms with Crippen LogP contribution < -0.4 is 5.32 Å². The molecule has 1 unspecified atom stereocenters. The molecule has 3 rings (SSSR count). The van der Waals surface area contributed by atoms with Crippen molar-refractivity contribution in [2.45, 2.75) is 18.9 Å². The maximum Gasteiger partial charge on any atom is 0.339 e. The minimum atomic E-state index is -1.30. The van der Waals surface area contributed by atoms with Gasteiger partial charge in [0.05, 0.1) is 17.0 Å². The van der Waals surface area contributed by atoms with Crippen LogP contribution >= 0.6 is 11.3 Å². The summed E-state index contributed by atoms with van der Waals surface area (Å²) in [5.74, 6) is -1.15. The van der Waals surface area contributed by atoms with Crippen molar-refractivity contribution in [1.29, 1.82) is 0 Å². The van der Waals surface area contributed by atoms with Crippen LogP contribution in [-0.4, -0.2) is 29.8 Å². The molecule has 2 heterocycles. The number of cyclic esters (lactones) is 1. The number of ketones is 1. The molecule has 0 spiro atoms. The zero-order valence-corrected chi connectivity index (χ0v) is 13.3. The molecular weight excluding hydrogens is 314 g/mol. The van der Waals surface area contributed by atoms with Crippen LogP contribution in [0.4, 0.5) is 0 Å². The van der Waals surface area contributed by atoms with Crippen molar-refractivity contribution in [3.05, 3.63) is 57.8 Å². The molecule has 23 heavy (non-hydrogen) atoms. The molecule has 0 fully saturated rings. The van der Waals surface area contributed by atoms with Crippen LogP contribution in [0.15, 0.2) is 41.8 Å². The third-order valence-electron chi connectivity index (χ3n) is 3.77. The highest BCUT2D eigenvalue weighted by molar-refractivity contribution is 7.12. The minimum absolute atomic E-state index is 0.117. The highest BCUT2D eigenvalue weighted by atomic mass is 32.1. The van der Waals surface area contributed by atoms with Crippen molar-refractivity contribution >= 4 is 29.0 Å². The lowest BCUT2D eigenvalue weighted by atomic mass is 9.89. The number of carbonyl (C=O) groups excluding carboxylic acids is 3. The summed E-state index contributed by atoms with van der Waals surface area (Å²) in [6, 6.07) is 10.5. The first-order valence-electron chi connectivity index (χ1n) is 7.16. The first kappa shape index (κ1) is 15.4. The van der Waals surface area contributed by atoms with E-state index in [-0.39, 0.29) is 18.7 Å². The number of rotatable bonds is 4. The predicted octanol–water partition coefficient (Wildman–Crippen LogP) is 2.22. The van der Waals surface area contributed by atoms with Crippen LogP contribution in [0.5, 0.6) is 0 Å². The number of fused-ring (bicyclic) bond motifs is 1. The van der Waals surface area contributed by atoms with E-state index in [9.17, 15) is 14.4 Å². The second kappa shape index (κ2) is 5.96. The average molecular weight is 329 g/mol. The maximum absolute atomic E-state index is 12.4. The van der Waals surface area contributed by atoms with E-state index < -0.39 is 17.5 Å². The van der Waals surface area contributed by atoms with Crippen LogP contribution in [0.3, 0.4) is 0 Å². The van der Waals surface area contributed by atoms with E-state index >= 15 is 0 Å². The van der Waals surface area contributed by atoms with Gasteiger partial charge in [0.25, 0.3) is 5.91 Å². The Morgan fingerprint density at radius 3 is 2.78 bits per heavy atom. The van der Waals surface area contributed by atoms with Crippen molar-refractivity contribution < 1.29 is 19.1 Å². The van der Waals surface area contributed by atoms with E-state index in [0.29, 0.717) is 10.4 Å². The number of esters is 1. The van der Waals surface area contributed by atoms with Gasteiger partial charge >= 0.3 is 5.97 Å². The largest absolute Gasteiger partial charge is 0.445 e. The predicted molar refractivity (Wildman–Crippen MR) is 85.6 cm³/mol. The summed E-state index contributed by atoms with van der Waals surface area (Å²) in [7, 11) is 0. The van der Waals surface area contributed by atoms with E-state index in [1.165, 1.54) is 11.3 Å². The molecule has 0 radical (unpaired) electrons. The zero-order valence-electron chi connectivity index (χ0n) is 12.5. The molecule has 1 N–H and O–H groups in total. The number of thiophene rings is 1. The molecule has 0 bridgehead atoms. The quantitative estimate of drug-likeness (QED) is 0.689. The summed E-state index contributed by atoms with van der Waals surface area (Å²) in [4.78, 5) is 37.0. The van der Waals surface area contributed by atoms with Crippen molar-refractivity contribution in [3.8, 4) is 0 Å². The van der Waals surface area contributed by atoms with E-state index in [2.05, 4.69) is 5.32 Å². The van der Waals surface area contributed by atoms with Crippen molar-refractivity contribution in [1.82, 2.24) is 5.32 Å². The Morgan fingerprint density at radius 2 is 2.04 bits per heavy atom. The molecule has 1 aromatic carbocycles. The summed E-state index contributed by atoms with van der Waals surface area (Å²) < 4.78 is 5.33. The third-order valence-corrected chi connectivity index (χ3v) is 4.68. The topological polar surface area (TPSA) is 72.5 Å². The smallest absolute Gasteiger partial charge is 0.339 e. The van der Waals surface area contributed by atoms with Crippen LogP contribution in [-0.2, 0) is 16.0 Å². The molecule has 1 atom stereocenters. The van der Waals surface area contributed by atoms with Crippen LogP contribution in [0.1, 0.15) is 32.5 Å². The molecule has 1 aromatic heterocycles. The second-order valence-corrected chi connectivity index (χ2v) is 6.49. The van der Waals surface area contributed by atoms with Gasteiger partial charge in [-0.25, -0.2) is 4.79 Å². The summed E-state index contributed by atoms with van der Waals surface area (Å²) in [5, 5.41) is 4.38. The number of carbonyl (C=O) groups is 3. The standard InChI is InChI=1S/C17H15NO4S/c1-17(9-11-5-2-3-6-12(11)15(20)22-17)16(21)18-10-13(19)14-7-4-8-23-14/h2-8H,9-10H2,1H3,(H,18,21). The summed E-state index contributed by atoms with van der Waals surface area (Å²) >= 11 is 1.32. The molecule has 0 saturated carbocycles. The first-order chi connectivity index (χ1) is 11.0. The van der Waals surface area contributed by atoms with Crippen LogP contribution in [0, 0.1) is 0 Å². The number of Topliss-reactive ketones (excluding diaryl/α,β-unsaturated/α-hetero) is 1. The SMILES string of the molecule is CC1(C(=O)NCC(=O)c2cccs2)Cc2ccccc2C(=O)O1. The van der Waals surface area contributed by atoms with Crippen molar-refractivity contribution in [2.24, 2.45) is 0 Å². The lowest BCUT2D eigenvalue weighted by Gasteiger charge is -2.32. The van der Waals surface area contributed by atoms with E-state index in [0.717, 1.165) is 5.56 Å². The summed E-state index contributed by atoms with van der Waals surface area (Å²) in [6.07, 6.45) is 0.286. The molecular formula is C17H15NO4S. The Labute approximate surface area is 137 Å². The highest BCUT2D eigenvalue weighted by Gasteiger charge is 2.42. The Kier molecular flexibility index (Phi) is 4.00. The number of hydrogen-bond donors (Lipinski definition) is 1. The molecule has 2 aromatic rings. The Balaban J connectivity index is 1.70. The van der Waals surface area contributed by atoms with Crippen molar-refractivity contribution in [2.75, 3.05) is 6.54 Å². The fourth-order valence-electron chi connectivity index (χ4n) is 2.53. The zero-order chi connectivity index (χ0) is 16.4. The molecule has 1 amide bonds. The second-order valence-electron chi connectivity index (χ2n) is 5.54. The van der Waals surface area contributed by atoms with Gasteiger partial charge in [-0.15, -0.1) is 11.3 Å². The summed E-state index contributed by atoms with van der Waals surface area (Å²) in [5.41, 5.74) is -0.0559. The number of nitrogens with one attached hydrogen (secondary N) is 1. The van der Waals surface area contributed by atoms with Gasteiger partial charge in [-0.2, -0.15) is 0 Å². The third kappa shape index (κ3) is 3.03. The van der Waals surface area contributed by atoms with Crippen LogP contribution in [0.2, 0.25) is 0 Å². The van der Waals surface area contributed by atoms with E-state index in [1.54, 1.807) is 42.6 Å². The van der Waals surface area contributed by atoms with Gasteiger partial charge in [0.2, 0.25) is 0 Å². The van der Waals surface area contributed by atoms with Gasteiger partial charge in [0.1, 0.15) is 0 Å². The molecule has 118 valence electrons. The van der Waals surface area contributed by atoms with Crippen LogP contribution in [0.25, 0.3) is 0 Å². The number of ether oxygens (including phenoxy) is 1. The molecule has 6 heteroatoms. The Bertz CT molecular complexity index is 769. The van der Waals surface area contributed by atoms with Gasteiger partial charge in [-0.05, 0) is 30.0 Å². The first-order valence-corrected chi connectivity index (χ1v) is 8.04. The van der Waals surface area contributed by atoms with Gasteiger partial charge in [-0.3, -0.25) is 9.59 Å². The minimum Gasteiger partial charge on any atom is -0.445 e. The van der Waals surface area contributed by atoms with E-state index in [4.69, 9.17) is 4.74 Å². The molecule has 1 aliphatic heterocycles. The van der Waals surface area contributed by atoms with Gasteiger partial charge in [0, 0.05) is 6.42 Å². The highest BCUT2D eigenvalue weighted by Crippen LogP contribution is 2.28. The maximum atomic E-state index is 12.4. The fourth-order valence-corrected chi connectivity index (χ4v) is 3.20. The molecule has 1 aliphatic rings. The molecule has 5 nitrogen and oxygen atoms in total. The number of amides is 1. The van der Waals surface area contributed by atoms with Gasteiger partial charge in [0.15, 0.2) is 11.4 Å². The summed E-state index contributed by atoms with van der Waals surface area (Å²) in [6.45, 7) is 1.44. The van der Waals surface area contributed by atoms with E-state index in [1.807, 2.05) is 6.07 Å². The average Bonchev–Trinajstić information content (AvgIpc) is 3.06. The normalized spacial score (nSPS) is 19.6. The Hall–Kier alpha value is -2.47. The van der Waals surface area contributed by atoms with Gasteiger partial charge in [-0.1, -0.05) is 24.3 Å². The fraction of sp³-hybridized carbons (Fsp3) is 0.235. The Morgan fingerprint density at radius 1 is 1.26 bits per heavy atom. The number of benzene rings is 1.